The van der Waals surface area contributed by atoms with E-state index in [0.717, 1.165) is 50.9 Å². The number of aryl methyl sites for hydroxylation is 4. The Labute approximate surface area is 351 Å². The molecule has 284 valence electrons. The molecule has 0 aliphatic rings. The van der Waals surface area contributed by atoms with Crippen LogP contribution in [0.5, 0.6) is 23.0 Å². The van der Waals surface area contributed by atoms with Gasteiger partial charge in [-0.25, -0.2) is 0 Å². The summed E-state index contributed by atoms with van der Waals surface area (Å²) in [5, 5.41) is 57.2. The molecule has 9 nitrogen and oxygen atoms in total. The van der Waals surface area contributed by atoms with Crippen molar-refractivity contribution in [3.8, 4) is 23.0 Å². The van der Waals surface area contributed by atoms with E-state index < -0.39 is 17.4 Å². The van der Waals surface area contributed by atoms with Gasteiger partial charge in [-0.2, -0.15) is 0 Å². The molecule has 0 aliphatic heterocycles. The van der Waals surface area contributed by atoms with E-state index in [4.69, 9.17) is 9.84 Å². The minimum Gasteiger partial charge on any atom is -0.508 e. The van der Waals surface area contributed by atoms with Crippen molar-refractivity contribution in [3.63, 3.8) is 0 Å². The van der Waals surface area contributed by atoms with Crippen LogP contribution in [0.15, 0.2) is 72.8 Å². The van der Waals surface area contributed by atoms with E-state index in [-0.39, 0.29) is 107 Å². The van der Waals surface area contributed by atoms with Crippen LogP contribution in [0.25, 0.3) is 0 Å². The minimum atomic E-state index is -1.03. The number of ether oxygens (including phenoxy) is 1. The van der Waals surface area contributed by atoms with Gasteiger partial charge in [0.15, 0.2) is 0 Å². The Morgan fingerprint density at radius 1 is 0.585 bits per heavy atom. The number of carboxylic acids is 1. The first-order chi connectivity index (χ1) is 24.0. The van der Waals surface area contributed by atoms with Gasteiger partial charge in [-0.15, -0.1) is 0 Å². The maximum atomic E-state index is 11.6. The van der Waals surface area contributed by atoms with Crippen LogP contribution in [0.4, 0.5) is 0 Å². The largest absolute Gasteiger partial charge is 0.508 e. The van der Waals surface area contributed by atoms with Gasteiger partial charge in [0.2, 0.25) is 0 Å². The van der Waals surface area contributed by atoms with Crippen molar-refractivity contribution in [2.75, 3.05) is 13.2 Å². The second-order valence-electron chi connectivity index (χ2n) is 13.7. The van der Waals surface area contributed by atoms with Crippen LogP contribution in [0, 0.1) is 58.8 Å². The SMILES string of the molecule is Cc1cc(C(C)(CCCO)c2ccc(O)c(C)c2)ccc1O.Cc1cc(C(C)(CCCOC(=O)CCC(=O)O)c2ccc(O)c(C)c2)ccc1O.[U].[W]. The van der Waals surface area contributed by atoms with Gasteiger partial charge in [0, 0.05) is 69.6 Å². The van der Waals surface area contributed by atoms with Crippen molar-refractivity contribution in [1.82, 2.24) is 0 Å². The maximum Gasteiger partial charge on any atom is 0.306 e. The summed E-state index contributed by atoms with van der Waals surface area (Å²) in [6.45, 7) is 12.0. The van der Waals surface area contributed by atoms with Crippen molar-refractivity contribution in [2.45, 2.75) is 90.9 Å². The van der Waals surface area contributed by atoms with Gasteiger partial charge in [-0.1, -0.05) is 62.4 Å². The Hall–Kier alpha value is -3.28. The quantitative estimate of drug-likeness (QED) is 0.0543. The van der Waals surface area contributed by atoms with E-state index >= 15 is 0 Å². The summed E-state index contributed by atoms with van der Waals surface area (Å²) in [6, 6.07) is 22.3. The third-order valence-electron chi connectivity index (χ3n) is 9.80. The van der Waals surface area contributed by atoms with Gasteiger partial charge < -0.3 is 35.4 Å². The van der Waals surface area contributed by atoms with Gasteiger partial charge in [0.05, 0.1) is 19.4 Å². The van der Waals surface area contributed by atoms with Crippen molar-refractivity contribution in [1.29, 1.82) is 0 Å². The minimum absolute atomic E-state index is 0. The standard InChI is InChI=1S/C23H28O6.C19H24O3.U.W/c1-15-13-17(5-7-19(15)24)23(3,18-6-8-20(25)16(2)14-18)11-4-12-29-22(28)10-9-21(26)27;1-13-11-15(5-7-17(13)21)19(3,9-4-10-20)16-6-8-18(22)14(2)12-16;;/h5-8,13-14,24-25H,4,9-12H2,1-3H3,(H,26,27);5-8,11-12,20-22H,4,9-10H2,1-3H3;;. The second kappa shape index (κ2) is 21.6. The molecule has 0 aromatic heterocycles. The summed E-state index contributed by atoms with van der Waals surface area (Å²) < 4.78 is 5.16. The van der Waals surface area contributed by atoms with Crippen LogP contribution in [-0.4, -0.2) is 55.8 Å². The van der Waals surface area contributed by atoms with E-state index in [1.54, 1.807) is 24.3 Å². The number of hydrogen-bond acceptors (Lipinski definition) is 8. The van der Waals surface area contributed by atoms with Crippen LogP contribution < -0.4 is 0 Å². The number of esters is 1. The van der Waals surface area contributed by atoms with E-state index in [2.05, 4.69) is 13.8 Å². The molecular weight excluding hydrogens is 1070 g/mol. The maximum absolute atomic E-state index is 11.6. The average molecular weight is 1120 g/mol. The Morgan fingerprint density at radius 3 is 1.19 bits per heavy atom. The fourth-order valence-electron chi connectivity index (χ4n) is 6.23. The number of aliphatic hydroxyl groups is 1. The number of carbonyl (C=O) groups is 2. The molecule has 4 rings (SSSR count). The van der Waals surface area contributed by atoms with Crippen molar-refractivity contribution in [2.24, 2.45) is 0 Å². The summed E-state index contributed by atoms with van der Waals surface area (Å²) in [6.07, 6.45) is 2.34. The third-order valence-corrected chi connectivity index (χ3v) is 9.80. The zero-order chi connectivity index (χ0) is 37.9. The predicted molar refractivity (Wildman–Crippen MR) is 198 cm³/mol. The molecule has 0 aliphatic carbocycles. The number of aliphatic hydroxyl groups excluding tert-OH is 1. The third kappa shape index (κ3) is 12.9. The second-order valence-corrected chi connectivity index (χ2v) is 13.7. The molecule has 0 saturated heterocycles. The number of benzene rings is 4. The molecule has 0 radical (unpaired) electrons. The van der Waals surface area contributed by atoms with Crippen LogP contribution in [-0.2, 0) is 46.2 Å². The molecule has 0 heterocycles. The number of hydrogen-bond donors (Lipinski definition) is 6. The van der Waals surface area contributed by atoms with Crippen LogP contribution in [0.3, 0.4) is 0 Å². The molecule has 53 heavy (non-hydrogen) atoms. The van der Waals surface area contributed by atoms with Crippen LogP contribution in [0.1, 0.15) is 96.9 Å². The number of phenols is 4. The number of rotatable bonds is 14. The van der Waals surface area contributed by atoms with Crippen molar-refractivity contribution in [3.05, 3.63) is 117 Å². The molecule has 0 bridgehead atoms. The summed E-state index contributed by atoms with van der Waals surface area (Å²) in [5.41, 5.74) is 6.72. The molecule has 4 aromatic rings. The Kier molecular flexibility index (Phi) is 19.4. The summed E-state index contributed by atoms with van der Waals surface area (Å²) in [4.78, 5) is 22.2. The van der Waals surface area contributed by atoms with Gasteiger partial charge >= 0.3 is 11.9 Å². The zero-order valence-corrected chi connectivity index (χ0v) is 38.5. The molecule has 6 N–H and O–H groups in total. The van der Waals surface area contributed by atoms with Gasteiger partial charge in [-0.05, 0) is 122 Å². The average Bonchev–Trinajstić information content (AvgIpc) is 3.09. The van der Waals surface area contributed by atoms with Crippen LogP contribution >= 0.6 is 0 Å². The molecule has 0 atom stereocenters. The van der Waals surface area contributed by atoms with Gasteiger partial charge in [0.25, 0.3) is 0 Å². The van der Waals surface area contributed by atoms with E-state index in [1.807, 2.05) is 76.2 Å². The first kappa shape index (κ1) is 47.7. The number of aliphatic carboxylic acids is 1. The van der Waals surface area contributed by atoms with Gasteiger partial charge in [-0.3, -0.25) is 9.59 Å². The topological polar surface area (TPSA) is 165 Å². The predicted octanol–water partition coefficient (Wildman–Crippen LogP) is 8.00. The molecule has 4 aromatic carbocycles. The van der Waals surface area contributed by atoms with E-state index in [1.165, 1.54) is 0 Å². The fourth-order valence-corrected chi connectivity index (χ4v) is 6.23. The smallest absolute Gasteiger partial charge is 0.306 e. The first-order valence-electron chi connectivity index (χ1n) is 17.2. The molecule has 0 spiro atoms. The van der Waals surface area contributed by atoms with Crippen molar-refractivity contribution >= 4 is 11.9 Å². The molecule has 0 amide bonds. The Balaban J connectivity index is 0.000000528. The van der Waals surface area contributed by atoms with Crippen molar-refractivity contribution < 1.29 is 97.1 Å². The molecule has 11 heteroatoms. The monoisotopic (exact) mass is 1120 g/mol. The van der Waals surface area contributed by atoms with E-state index in [9.17, 15) is 35.1 Å². The summed E-state index contributed by atoms with van der Waals surface area (Å²) >= 11 is 0. The molecular formula is C42H52O9UW. The number of carbonyl (C=O) groups excluding carboxylic acids is 1. The molecule has 0 unspecified atom stereocenters. The Morgan fingerprint density at radius 2 is 0.906 bits per heavy atom. The fraction of sp³-hybridized carbons (Fsp3) is 0.381. The summed E-state index contributed by atoms with van der Waals surface area (Å²) in [5.74, 6) is -0.518. The molecule has 0 saturated carbocycles. The molecule has 0 fully saturated rings. The normalized spacial score (nSPS) is 11.0. The van der Waals surface area contributed by atoms with Crippen LogP contribution in [0.2, 0.25) is 0 Å². The van der Waals surface area contributed by atoms with E-state index in [0.29, 0.717) is 19.3 Å². The first-order valence-corrected chi connectivity index (χ1v) is 17.2. The number of phenolic OH excluding ortho intramolecular Hbond substituents is 4. The Bertz CT molecular complexity index is 1720. The van der Waals surface area contributed by atoms with Gasteiger partial charge in [0.1, 0.15) is 23.0 Å². The number of carboxylic acid groups (broad SMARTS) is 1. The zero-order valence-electron chi connectivity index (χ0n) is 31.4. The number of aromatic hydroxyl groups is 4. The summed E-state index contributed by atoms with van der Waals surface area (Å²) in [7, 11) is 0.